The summed E-state index contributed by atoms with van der Waals surface area (Å²) in [4.78, 5) is 0. The molecule has 0 aromatic heterocycles. The normalized spacial score (nSPS) is 9.47. The molecular weight excluding hydrogens is 244 g/mol. The SMILES string of the molecule is COc1c(C)c(C)c(C)c(O)c1CC=C(C)C.OO. The molecule has 0 aliphatic rings. The lowest BCUT2D eigenvalue weighted by molar-refractivity contribution is -0.176. The molecule has 1 aromatic rings. The standard InChI is InChI=1S/C15H22O2.H2O2/c1-9(2)7-8-13-14(16)11(4)10(3)12(5)15(13)17-6;1-2/h7,16H,8H2,1-6H3;1-2H. The Kier molecular flexibility index (Phi) is 7.19. The molecule has 0 unspecified atom stereocenters. The van der Waals surface area contributed by atoms with Crippen LogP contribution in [0.15, 0.2) is 11.6 Å². The Labute approximate surface area is 114 Å². The van der Waals surface area contributed by atoms with Crippen LogP contribution in [0.4, 0.5) is 0 Å². The van der Waals surface area contributed by atoms with E-state index in [1.807, 2.05) is 20.8 Å². The topological polar surface area (TPSA) is 69.9 Å². The van der Waals surface area contributed by atoms with Crippen molar-refractivity contribution < 1.29 is 20.4 Å². The Morgan fingerprint density at radius 1 is 1.05 bits per heavy atom. The highest BCUT2D eigenvalue weighted by atomic mass is 17.0. The molecule has 1 aromatic carbocycles. The second kappa shape index (κ2) is 7.81. The smallest absolute Gasteiger partial charge is 0.129 e. The van der Waals surface area contributed by atoms with Gasteiger partial charge in [0.05, 0.1) is 7.11 Å². The monoisotopic (exact) mass is 268 g/mol. The largest absolute Gasteiger partial charge is 0.507 e. The number of hydrogen-bond donors (Lipinski definition) is 3. The first kappa shape index (κ1) is 17.5. The molecular formula is C15H24O4. The van der Waals surface area contributed by atoms with Crippen molar-refractivity contribution in [2.24, 2.45) is 0 Å². The molecule has 108 valence electrons. The van der Waals surface area contributed by atoms with Crippen molar-refractivity contribution in [1.29, 1.82) is 0 Å². The lowest BCUT2D eigenvalue weighted by atomic mass is 9.95. The molecule has 4 nitrogen and oxygen atoms in total. The van der Waals surface area contributed by atoms with E-state index in [2.05, 4.69) is 19.9 Å². The Balaban J connectivity index is 0.00000154. The van der Waals surface area contributed by atoms with E-state index in [1.54, 1.807) is 7.11 Å². The van der Waals surface area contributed by atoms with Crippen molar-refractivity contribution in [3.8, 4) is 11.5 Å². The summed E-state index contributed by atoms with van der Waals surface area (Å²) in [6.45, 7) is 10.1. The van der Waals surface area contributed by atoms with Gasteiger partial charge in [0.15, 0.2) is 0 Å². The maximum absolute atomic E-state index is 10.2. The van der Waals surface area contributed by atoms with E-state index in [1.165, 1.54) is 5.57 Å². The average molecular weight is 268 g/mol. The average Bonchev–Trinajstić information content (AvgIpc) is 2.41. The number of benzene rings is 1. The molecule has 1 rings (SSSR count). The quantitative estimate of drug-likeness (QED) is 0.442. The summed E-state index contributed by atoms with van der Waals surface area (Å²) in [5.41, 5.74) is 5.28. The lowest BCUT2D eigenvalue weighted by Gasteiger charge is -2.17. The van der Waals surface area contributed by atoms with Crippen LogP contribution in [0, 0.1) is 20.8 Å². The molecule has 0 aliphatic heterocycles. The van der Waals surface area contributed by atoms with Crippen molar-refractivity contribution in [3.05, 3.63) is 33.9 Å². The molecule has 19 heavy (non-hydrogen) atoms. The second-order valence-corrected chi connectivity index (χ2v) is 4.72. The van der Waals surface area contributed by atoms with Gasteiger partial charge in [0.25, 0.3) is 0 Å². The highest BCUT2D eigenvalue weighted by molar-refractivity contribution is 5.58. The summed E-state index contributed by atoms with van der Waals surface area (Å²) in [6.07, 6.45) is 2.81. The molecule has 0 bridgehead atoms. The Bertz CT molecular complexity index is 458. The summed E-state index contributed by atoms with van der Waals surface area (Å²) < 4.78 is 5.44. The Morgan fingerprint density at radius 2 is 1.58 bits per heavy atom. The van der Waals surface area contributed by atoms with Crippen molar-refractivity contribution in [3.63, 3.8) is 0 Å². The van der Waals surface area contributed by atoms with E-state index in [-0.39, 0.29) is 0 Å². The molecule has 0 fully saturated rings. The Morgan fingerprint density at radius 3 is 2.00 bits per heavy atom. The van der Waals surface area contributed by atoms with Gasteiger partial charge in [-0.15, -0.1) is 0 Å². The van der Waals surface area contributed by atoms with Crippen LogP contribution in [0.1, 0.15) is 36.1 Å². The summed E-state index contributed by atoms with van der Waals surface area (Å²) in [5.74, 6) is 1.17. The van der Waals surface area contributed by atoms with Gasteiger partial charge >= 0.3 is 0 Å². The predicted molar refractivity (Wildman–Crippen MR) is 77.3 cm³/mol. The zero-order valence-corrected chi connectivity index (χ0v) is 12.5. The van der Waals surface area contributed by atoms with Gasteiger partial charge in [0, 0.05) is 5.56 Å². The van der Waals surface area contributed by atoms with E-state index in [0.717, 1.165) is 28.0 Å². The number of aromatic hydroxyl groups is 1. The fraction of sp³-hybridized carbons (Fsp3) is 0.467. The molecule has 0 spiro atoms. The van der Waals surface area contributed by atoms with Crippen molar-refractivity contribution in [1.82, 2.24) is 0 Å². The first-order valence-electron chi connectivity index (χ1n) is 6.09. The number of allylic oxidation sites excluding steroid dienone is 2. The second-order valence-electron chi connectivity index (χ2n) is 4.72. The van der Waals surface area contributed by atoms with Gasteiger partial charge in [-0.25, -0.2) is 0 Å². The van der Waals surface area contributed by atoms with Gasteiger partial charge in [-0.05, 0) is 57.7 Å². The van der Waals surface area contributed by atoms with Gasteiger partial charge in [0.1, 0.15) is 11.5 Å². The van der Waals surface area contributed by atoms with Crippen LogP contribution in [0.25, 0.3) is 0 Å². The number of phenolic OH excluding ortho intramolecular Hbond substituents is 1. The molecule has 0 aliphatic carbocycles. The minimum Gasteiger partial charge on any atom is -0.507 e. The molecule has 0 saturated heterocycles. The number of hydrogen-bond acceptors (Lipinski definition) is 4. The highest BCUT2D eigenvalue weighted by Crippen LogP contribution is 2.37. The Hall–Kier alpha value is -1.52. The fourth-order valence-electron chi connectivity index (χ4n) is 1.96. The van der Waals surface area contributed by atoms with E-state index in [4.69, 9.17) is 15.3 Å². The molecule has 0 amide bonds. The minimum absolute atomic E-state index is 0.363. The van der Waals surface area contributed by atoms with Crippen LogP contribution in [-0.2, 0) is 6.42 Å². The third-order valence-electron chi connectivity index (χ3n) is 3.30. The van der Waals surface area contributed by atoms with Crippen LogP contribution < -0.4 is 4.74 Å². The number of ether oxygens (including phenoxy) is 1. The number of phenols is 1. The molecule has 0 saturated carbocycles. The van der Waals surface area contributed by atoms with Crippen LogP contribution in [0.5, 0.6) is 11.5 Å². The summed E-state index contributed by atoms with van der Waals surface area (Å²) >= 11 is 0. The van der Waals surface area contributed by atoms with Crippen LogP contribution in [0.2, 0.25) is 0 Å². The summed E-state index contributed by atoms with van der Waals surface area (Å²) in [6, 6.07) is 0. The van der Waals surface area contributed by atoms with Crippen LogP contribution in [0.3, 0.4) is 0 Å². The third kappa shape index (κ3) is 3.98. The molecule has 0 heterocycles. The van der Waals surface area contributed by atoms with Gasteiger partial charge in [0.2, 0.25) is 0 Å². The minimum atomic E-state index is 0.363. The summed E-state index contributed by atoms with van der Waals surface area (Å²) in [5, 5.41) is 22.2. The lowest BCUT2D eigenvalue weighted by Crippen LogP contribution is -2.00. The van der Waals surface area contributed by atoms with Gasteiger partial charge < -0.3 is 9.84 Å². The predicted octanol–water partition coefficient (Wildman–Crippen LogP) is 3.85. The third-order valence-corrected chi connectivity index (χ3v) is 3.30. The summed E-state index contributed by atoms with van der Waals surface area (Å²) in [7, 11) is 1.66. The first-order chi connectivity index (χ1) is 8.90. The molecule has 0 atom stereocenters. The maximum atomic E-state index is 10.2. The fourth-order valence-corrected chi connectivity index (χ4v) is 1.96. The van der Waals surface area contributed by atoms with E-state index in [9.17, 15) is 5.11 Å². The molecule has 3 N–H and O–H groups in total. The molecule has 0 radical (unpaired) electrons. The van der Waals surface area contributed by atoms with Gasteiger partial charge in [-0.1, -0.05) is 11.6 Å². The first-order valence-corrected chi connectivity index (χ1v) is 6.09. The number of methoxy groups -OCH3 is 1. The highest BCUT2D eigenvalue weighted by Gasteiger charge is 2.16. The molecule has 4 heteroatoms. The van der Waals surface area contributed by atoms with E-state index < -0.39 is 0 Å². The van der Waals surface area contributed by atoms with Crippen LogP contribution >= 0.6 is 0 Å². The van der Waals surface area contributed by atoms with Gasteiger partial charge in [-0.2, -0.15) is 0 Å². The van der Waals surface area contributed by atoms with Crippen molar-refractivity contribution >= 4 is 0 Å². The maximum Gasteiger partial charge on any atom is 0.129 e. The van der Waals surface area contributed by atoms with Gasteiger partial charge in [-0.3, -0.25) is 10.5 Å². The number of rotatable bonds is 3. The zero-order valence-electron chi connectivity index (χ0n) is 12.5. The van der Waals surface area contributed by atoms with Crippen LogP contribution in [-0.4, -0.2) is 22.7 Å². The van der Waals surface area contributed by atoms with E-state index in [0.29, 0.717) is 12.2 Å². The van der Waals surface area contributed by atoms with Crippen molar-refractivity contribution in [2.75, 3.05) is 7.11 Å². The van der Waals surface area contributed by atoms with Crippen molar-refractivity contribution in [2.45, 2.75) is 41.0 Å². The van der Waals surface area contributed by atoms with E-state index >= 15 is 0 Å². The zero-order chi connectivity index (χ0) is 15.2.